The molecule has 1 aromatic rings. The van der Waals surface area contributed by atoms with Crippen molar-refractivity contribution in [2.24, 2.45) is 5.92 Å². The van der Waals surface area contributed by atoms with Gasteiger partial charge in [0.2, 0.25) is 7.37 Å². The molecular formula is C17H27O7P. The number of methoxy groups -OCH3 is 1. The van der Waals surface area contributed by atoms with E-state index >= 15 is 0 Å². The average molecular weight is 374 g/mol. The monoisotopic (exact) mass is 374 g/mol. The molecular weight excluding hydrogens is 347 g/mol. The van der Waals surface area contributed by atoms with Crippen LogP contribution in [0.15, 0.2) is 24.3 Å². The summed E-state index contributed by atoms with van der Waals surface area (Å²) in [5.41, 5.74) is 0.592. The molecule has 0 aliphatic rings. The maximum absolute atomic E-state index is 12.2. The summed E-state index contributed by atoms with van der Waals surface area (Å²) in [4.78, 5) is 31.6. The van der Waals surface area contributed by atoms with Crippen molar-refractivity contribution in [1.82, 2.24) is 0 Å². The summed E-state index contributed by atoms with van der Waals surface area (Å²) in [7, 11) is -2.22. The number of carbonyl (C=O) groups is 2. The molecule has 7 nitrogen and oxygen atoms in total. The fraction of sp³-hybridized carbons (Fsp3) is 0.529. The third-order valence-electron chi connectivity index (χ3n) is 3.15. The molecule has 0 heterocycles. The lowest BCUT2D eigenvalue weighted by Crippen LogP contribution is -2.19. The van der Waals surface area contributed by atoms with Gasteiger partial charge < -0.3 is 19.8 Å². The second-order valence-electron chi connectivity index (χ2n) is 5.71. The van der Waals surface area contributed by atoms with Gasteiger partial charge in [-0.15, -0.1) is 0 Å². The van der Waals surface area contributed by atoms with Crippen LogP contribution < -0.4 is 4.74 Å². The van der Waals surface area contributed by atoms with Crippen LogP contribution in [0.3, 0.4) is 0 Å². The van der Waals surface area contributed by atoms with E-state index in [0.717, 1.165) is 0 Å². The van der Waals surface area contributed by atoms with Crippen molar-refractivity contribution >= 4 is 19.3 Å². The summed E-state index contributed by atoms with van der Waals surface area (Å²) in [6.07, 6.45) is 0.132. The first-order valence-electron chi connectivity index (χ1n) is 8.03. The highest BCUT2D eigenvalue weighted by atomic mass is 31.2. The highest BCUT2D eigenvalue weighted by molar-refractivity contribution is 7.57. The minimum atomic E-state index is -3.72. The first kappa shape index (κ1) is 23.1. The van der Waals surface area contributed by atoms with E-state index in [1.165, 1.54) is 13.5 Å². The Labute approximate surface area is 148 Å². The number of hydrogen-bond acceptors (Lipinski definition) is 4. The van der Waals surface area contributed by atoms with Gasteiger partial charge in [-0.25, -0.2) is 0 Å². The molecule has 0 aliphatic heterocycles. The maximum atomic E-state index is 12.2. The van der Waals surface area contributed by atoms with Crippen LogP contribution in [0, 0.1) is 5.92 Å². The molecule has 0 radical (unpaired) electrons. The van der Waals surface area contributed by atoms with Crippen molar-refractivity contribution in [3.8, 4) is 5.75 Å². The van der Waals surface area contributed by atoms with Crippen molar-refractivity contribution in [3.63, 3.8) is 0 Å². The number of carboxylic acids is 2. The molecule has 0 bridgehead atoms. The molecule has 1 rings (SSSR count). The maximum Gasteiger partial charge on any atom is 0.307 e. The SMILES string of the molecule is CCC.COc1ccc(CP(=O)(O)CC(CCC(=O)O)C(=O)O)cc1. The van der Waals surface area contributed by atoms with Crippen LogP contribution in [0.2, 0.25) is 0 Å². The van der Waals surface area contributed by atoms with E-state index in [4.69, 9.17) is 14.9 Å². The van der Waals surface area contributed by atoms with Crippen LogP contribution in [0.4, 0.5) is 0 Å². The van der Waals surface area contributed by atoms with Gasteiger partial charge in [0.05, 0.1) is 13.0 Å². The fourth-order valence-electron chi connectivity index (χ4n) is 2.02. The molecule has 2 atom stereocenters. The molecule has 0 saturated heterocycles. The number of ether oxygens (including phenoxy) is 1. The summed E-state index contributed by atoms with van der Waals surface area (Å²) in [6, 6.07) is 6.56. The number of rotatable bonds is 9. The Morgan fingerprint density at radius 3 is 2.08 bits per heavy atom. The Morgan fingerprint density at radius 2 is 1.68 bits per heavy atom. The Bertz CT molecular complexity index is 583. The number of carboxylic acid groups (broad SMARTS) is 2. The third-order valence-corrected chi connectivity index (χ3v) is 5.02. The first-order chi connectivity index (χ1) is 11.6. The van der Waals surface area contributed by atoms with Gasteiger partial charge in [-0.05, 0) is 24.1 Å². The van der Waals surface area contributed by atoms with Crippen molar-refractivity contribution in [1.29, 1.82) is 0 Å². The Kier molecular flexibility index (Phi) is 10.8. The van der Waals surface area contributed by atoms with Gasteiger partial charge >= 0.3 is 11.9 Å². The zero-order chi connectivity index (χ0) is 19.5. The molecule has 25 heavy (non-hydrogen) atoms. The van der Waals surface area contributed by atoms with Crippen molar-refractivity contribution < 1.29 is 34.0 Å². The second kappa shape index (κ2) is 11.7. The van der Waals surface area contributed by atoms with Crippen LogP contribution in [0.1, 0.15) is 38.7 Å². The second-order valence-corrected chi connectivity index (χ2v) is 8.08. The van der Waals surface area contributed by atoms with Crippen molar-refractivity contribution in [3.05, 3.63) is 29.8 Å². The van der Waals surface area contributed by atoms with Crippen molar-refractivity contribution in [2.75, 3.05) is 13.3 Å². The molecule has 142 valence electrons. The van der Waals surface area contributed by atoms with E-state index in [0.29, 0.717) is 11.3 Å². The molecule has 3 N–H and O–H groups in total. The van der Waals surface area contributed by atoms with E-state index in [-0.39, 0.29) is 19.0 Å². The van der Waals surface area contributed by atoms with Crippen LogP contribution in [0.25, 0.3) is 0 Å². The van der Waals surface area contributed by atoms with Gasteiger partial charge in [-0.3, -0.25) is 14.2 Å². The minimum Gasteiger partial charge on any atom is -0.497 e. The zero-order valence-corrected chi connectivity index (χ0v) is 15.7. The van der Waals surface area contributed by atoms with Crippen LogP contribution in [0.5, 0.6) is 5.75 Å². The van der Waals surface area contributed by atoms with E-state index in [2.05, 4.69) is 13.8 Å². The average Bonchev–Trinajstić information content (AvgIpc) is 2.52. The molecule has 0 saturated carbocycles. The molecule has 0 aliphatic carbocycles. The lowest BCUT2D eigenvalue weighted by atomic mass is 10.1. The van der Waals surface area contributed by atoms with Gasteiger partial charge in [0.1, 0.15) is 5.75 Å². The van der Waals surface area contributed by atoms with E-state index in [1.54, 1.807) is 24.3 Å². The standard InChI is InChI=1S/C14H19O7P.C3H8/c1-21-12-5-2-10(3-6-12)8-22(19,20)9-11(14(17)18)4-7-13(15)16;1-3-2/h2-3,5-6,11H,4,7-9H2,1H3,(H,15,16)(H,17,18)(H,19,20);3H2,1-2H3. The predicted octanol–water partition coefficient (Wildman–Crippen LogP) is 3.45. The summed E-state index contributed by atoms with van der Waals surface area (Å²) in [5, 5.41) is 17.6. The van der Waals surface area contributed by atoms with E-state index < -0.39 is 31.4 Å². The van der Waals surface area contributed by atoms with Crippen LogP contribution >= 0.6 is 7.37 Å². The highest BCUT2D eigenvalue weighted by Crippen LogP contribution is 2.47. The summed E-state index contributed by atoms with van der Waals surface area (Å²) in [6.45, 7) is 4.25. The normalized spacial score (nSPS) is 13.8. The van der Waals surface area contributed by atoms with Crippen molar-refractivity contribution in [2.45, 2.75) is 39.3 Å². The summed E-state index contributed by atoms with van der Waals surface area (Å²) < 4.78 is 17.2. The zero-order valence-electron chi connectivity index (χ0n) is 14.8. The number of aliphatic carboxylic acids is 2. The Balaban J connectivity index is 0.00000178. The van der Waals surface area contributed by atoms with Gasteiger partial charge in [-0.1, -0.05) is 32.4 Å². The van der Waals surface area contributed by atoms with E-state index in [1.807, 2.05) is 0 Å². The molecule has 0 spiro atoms. The predicted molar refractivity (Wildman–Crippen MR) is 95.4 cm³/mol. The quantitative estimate of drug-likeness (QED) is 0.566. The van der Waals surface area contributed by atoms with Crippen LogP contribution in [-0.2, 0) is 20.3 Å². The lowest BCUT2D eigenvalue weighted by Gasteiger charge is -2.17. The lowest BCUT2D eigenvalue weighted by molar-refractivity contribution is -0.142. The summed E-state index contributed by atoms with van der Waals surface area (Å²) in [5.74, 6) is -2.92. The number of benzene rings is 1. The molecule has 0 aromatic heterocycles. The molecule has 1 aromatic carbocycles. The van der Waals surface area contributed by atoms with Gasteiger partial charge in [0, 0.05) is 18.7 Å². The van der Waals surface area contributed by atoms with Gasteiger partial charge in [0.25, 0.3) is 0 Å². The topological polar surface area (TPSA) is 121 Å². The highest BCUT2D eigenvalue weighted by Gasteiger charge is 2.29. The molecule has 0 fully saturated rings. The fourth-order valence-corrected chi connectivity index (χ4v) is 3.95. The molecule has 2 unspecified atom stereocenters. The Hall–Kier alpha value is -1.85. The largest absolute Gasteiger partial charge is 0.497 e. The molecule has 8 heteroatoms. The minimum absolute atomic E-state index is 0.159. The number of hydrogen-bond donors (Lipinski definition) is 3. The summed E-state index contributed by atoms with van der Waals surface area (Å²) >= 11 is 0. The third kappa shape index (κ3) is 10.6. The van der Waals surface area contributed by atoms with E-state index in [9.17, 15) is 19.0 Å². The first-order valence-corrected chi connectivity index (χ1v) is 10.1. The molecule has 0 amide bonds. The van der Waals surface area contributed by atoms with Gasteiger partial charge in [0.15, 0.2) is 0 Å². The smallest absolute Gasteiger partial charge is 0.307 e. The van der Waals surface area contributed by atoms with Crippen LogP contribution in [-0.4, -0.2) is 40.3 Å². The van der Waals surface area contributed by atoms with Gasteiger partial charge in [-0.2, -0.15) is 0 Å². The Morgan fingerprint density at radius 1 is 1.16 bits per heavy atom.